The van der Waals surface area contributed by atoms with Crippen LogP contribution in [-0.2, 0) is 13.5 Å². The molecule has 1 rings (SSSR count). The molecule has 0 aliphatic heterocycles. The number of aromatic nitrogens is 2. The van der Waals surface area contributed by atoms with Gasteiger partial charge in [0.2, 0.25) is 0 Å². The van der Waals surface area contributed by atoms with E-state index in [1.54, 1.807) is 0 Å². The summed E-state index contributed by atoms with van der Waals surface area (Å²) < 4.78 is 1.81. The molecule has 0 atom stereocenters. The number of aryl methyl sites for hydroxylation is 1. The summed E-state index contributed by atoms with van der Waals surface area (Å²) in [6.45, 7) is 6.03. The topological polar surface area (TPSA) is 50.1 Å². The van der Waals surface area contributed by atoms with Crippen LogP contribution in [-0.4, -0.2) is 34.6 Å². The number of aliphatic hydroxyl groups is 1. The summed E-state index contributed by atoms with van der Waals surface area (Å²) in [5.74, 6) is 0. The number of hydrogen-bond acceptors (Lipinski definition) is 3. The van der Waals surface area contributed by atoms with Crippen molar-refractivity contribution >= 4 is 0 Å². The fourth-order valence-corrected chi connectivity index (χ4v) is 1.30. The van der Waals surface area contributed by atoms with Crippen molar-refractivity contribution in [2.75, 3.05) is 19.7 Å². The van der Waals surface area contributed by atoms with Crippen molar-refractivity contribution in [2.45, 2.75) is 20.3 Å². The molecule has 1 aromatic rings. The molecule has 0 saturated heterocycles. The molecule has 0 radical (unpaired) electrons. The summed E-state index contributed by atoms with van der Waals surface area (Å²) >= 11 is 0. The lowest BCUT2D eigenvalue weighted by Gasteiger charge is -2.21. The van der Waals surface area contributed by atoms with E-state index in [1.807, 2.05) is 37.8 Å². The predicted octanol–water partition coefficient (Wildman–Crippen LogP) is 0.571. The van der Waals surface area contributed by atoms with E-state index in [-0.39, 0.29) is 12.0 Å². The van der Waals surface area contributed by atoms with Crippen molar-refractivity contribution in [3.8, 4) is 0 Å². The summed E-state index contributed by atoms with van der Waals surface area (Å²) in [7, 11) is 1.92. The van der Waals surface area contributed by atoms with Gasteiger partial charge in [-0.3, -0.25) is 4.68 Å². The van der Waals surface area contributed by atoms with E-state index in [1.165, 1.54) is 0 Å². The van der Waals surface area contributed by atoms with Gasteiger partial charge in [-0.1, -0.05) is 13.8 Å². The van der Waals surface area contributed by atoms with Gasteiger partial charge in [0.1, 0.15) is 0 Å². The number of nitrogens with one attached hydrogen (secondary N) is 1. The molecule has 0 saturated carbocycles. The molecular weight excluding hydrogens is 190 g/mol. The largest absolute Gasteiger partial charge is 0.396 e. The molecule has 0 aromatic carbocycles. The standard InChI is InChI=1S/C11H21N3O/c1-11(2,9-15)8-12-6-4-10-5-7-14(3)13-10/h5,7,12,15H,4,6,8-9H2,1-3H3. The lowest BCUT2D eigenvalue weighted by Crippen LogP contribution is -2.33. The Bertz CT molecular complexity index is 294. The molecule has 1 heterocycles. The van der Waals surface area contributed by atoms with Gasteiger partial charge in [0.05, 0.1) is 5.69 Å². The van der Waals surface area contributed by atoms with Gasteiger partial charge in [-0.15, -0.1) is 0 Å². The summed E-state index contributed by atoms with van der Waals surface area (Å²) in [4.78, 5) is 0. The molecule has 15 heavy (non-hydrogen) atoms. The smallest absolute Gasteiger partial charge is 0.0637 e. The zero-order chi connectivity index (χ0) is 11.3. The Kier molecular flexibility index (Phi) is 4.29. The van der Waals surface area contributed by atoms with Crippen molar-refractivity contribution in [1.82, 2.24) is 15.1 Å². The summed E-state index contributed by atoms with van der Waals surface area (Å²) in [6.07, 6.45) is 2.88. The van der Waals surface area contributed by atoms with Crippen LogP contribution in [0.15, 0.2) is 12.3 Å². The number of aliphatic hydroxyl groups excluding tert-OH is 1. The maximum atomic E-state index is 9.06. The van der Waals surface area contributed by atoms with Gasteiger partial charge < -0.3 is 10.4 Å². The van der Waals surface area contributed by atoms with Crippen LogP contribution < -0.4 is 5.32 Å². The van der Waals surface area contributed by atoms with Crippen molar-refractivity contribution in [3.63, 3.8) is 0 Å². The van der Waals surface area contributed by atoms with E-state index in [9.17, 15) is 0 Å². The van der Waals surface area contributed by atoms with Gasteiger partial charge in [-0.05, 0) is 6.07 Å². The van der Waals surface area contributed by atoms with Crippen LogP contribution in [0.1, 0.15) is 19.5 Å². The Morgan fingerprint density at radius 2 is 2.27 bits per heavy atom. The molecule has 1 aromatic heterocycles. The molecule has 86 valence electrons. The van der Waals surface area contributed by atoms with Crippen LogP contribution in [0, 0.1) is 5.41 Å². The normalized spacial score (nSPS) is 12.0. The molecule has 0 aliphatic rings. The van der Waals surface area contributed by atoms with Crippen molar-refractivity contribution < 1.29 is 5.11 Å². The van der Waals surface area contributed by atoms with Crippen LogP contribution in [0.4, 0.5) is 0 Å². The molecule has 4 heteroatoms. The monoisotopic (exact) mass is 211 g/mol. The number of nitrogens with zero attached hydrogens (tertiary/aromatic N) is 2. The summed E-state index contributed by atoms with van der Waals surface area (Å²) in [5, 5.41) is 16.7. The van der Waals surface area contributed by atoms with Crippen LogP contribution >= 0.6 is 0 Å². The average molecular weight is 211 g/mol. The highest BCUT2D eigenvalue weighted by Crippen LogP contribution is 2.10. The highest BCUT2D eigenvalue weighted by atomic mass is 16.3. The van der Waals surface area contributed by atoms with E-state index in [0.29, 0.717) is 0 Å². The fraction of sp³-hybridized carbons (Fsp3) is 0.727. The summed E-state index contributed by atoms with van der Waals surface area (Å²) in [6, 6.07) is 2.03. The Labute approximate surface area is 91.3 Å². The molecular formula is C11H21N3O. The zero-order valence-electron chi connectivity index (χ0n) is 9.82. The first-order chi connectivity index (χ1) is 7.03. The van der Waals surface area contributed by atoms with E-state index in [2.05, 4.69) is 10.4 Å². The fourth-order valence-electron chi connectivity index (χ4n) is 1.30. The lowest BCUT2D eigenvalue weighted by atomic mass is 9.95. The third-order valence-electron chi connectivity index (χ3n) is 2.36. The maximum Gasteiger partial charge on any atom is 0.0637 e. The molecule has 0 unspecified atom stereocenters. The second kappa shape index (κ2) is 5.28. The van der Waals surface area contributed by atoms with Gasteiger partial charge in [0.25, 0.3) is 0 Å². The number of rotatable bonds is 6. The number of hydrogen-bond donors (Lipinski definition) is 2. The SMILES string of the molecule is Cn1ccc(CCNCC(C)(C)CO)n1. The highest BCUT2D eigenvalue weighted by Gasteiger charge is 2.15. The molecule has 2 N–H and O–H groups in total. The summed E-state index contributed by atoms with van der Waals surface area (Å²) in [5.41, 5.74) is 1.07. The quantitative estimate of drug-likeness (QED) is 0.676. The second-order valence-electron chi connectivity index (χ2n) is 4.73. The minimum Gasteiger partial charge on any atom is -0.396 e. The van der Waals surface area contributed by atoms with E-state index in [0.717, 1.165) is 25.2 Å². The van der Waals surface area contributed by atoms with Crippen molar-refractivity contribution in [2.24, 2.45) is 12.5 Å². The molecule has 0 spiro atoms. The van der Waals surface area contributed by atoms with E-state index >= 15 is 0 Å². The van der Waals surface area contributed by atoms with Gasteiger partial charge in [-0.25, -0.2) is 0 Å². The molecule has 0 aliphatic carbocycles. The van der Waals surface area contributed by atoms with E-state index in [4.69, 9.17) is 5.11 Å². The first-order valence-electron chi connectivity index (χ1n) is 5.34. The molecule has 0 amide bonds. The van der Waals surface area contributed by atoms with E-state index < -0.39 is 0 Å². The van der Waals surface area contributed by atoms with Gasteiger partial charge >= 0.3 is 0 Å². The zero-order valence-corrected chi connectivity index (χ0v) is 9.82. The minimum absolute atomic E-state index is 0.0376. The van der Waals surface area contributed by atoms with Crippen LogP contribution in [0.5, 0.6) is 0 Å². The van der Waals surface area contributed by atoms with Crippen molar-refractivity contribution in [1.29, 1.82) is 0 Å². The maximum absolute atomic E-state index is 9.06. The molecule has 4 nitrogen and oxygen atoms in total. The first kappa shape index (κ1) is 12.2. The van der Waals surface area contributed by atoms with Crippen molar-refractivity contribution in [3.05, 3.63) is 18.0 Å². The minimum atomic E-state index is -0.0376. The third kappa shape index (κ3) is 4.44. The first-order valence-corrected chi connectivity index (χ1v) is 5.34. The third-order valence-corrected chi connectivity index (χ3v) is 2.36. The Balaban J connectivity index is 2.17. The second-order valence-corrected chi connectivity index (χ2v) is 4.73. The Hall–Kier alpha value is -0.870. The molecule has 0 bridgehead atoms. The van der Waals surface area contributed by atoms with Crippen LogP contribution in [0.25, 0.3) is 0 Å². The Morgan fingerprint density at radius 1 is 1.53 bits per heavy atom. The predicted molar refractivity (Wildman–Crippen MR) is 60.6 cm³/mol. The highest BCUT2D eigenvalue weighted by molar-refractivity contribution is 4.98. The molecule has 0 fully saturated rings. The van der Waals surface area contributed by atoms with Crippen LogP contribution in [0.3, 0.4) is 0 Å². The average Bonchev–Trinajstić information content (AvgIpc) is 2.59. The Morgan fingerprint density at radius 3 is 2.80 bits per heavy atom. The van der Waals surface area contributed by atoms with Gasteiger partial charge in [0, 0.05) is 44.8 Å². The lowest BCUT2D eigenvalue weighted by molar-refractivity contribution is 0.157. The van der Waals surface area contributed by atoms with Gasteiger partial charge in [0.15, 0.2) is 0 Å². The van der Waals surface area contributed by atoms with Gasteiger partial charge in [-0.2, -0.15) is 5.10 Å². The van der Waals surface area contributed by atoms with Crippen LogP contribution in [0.2, 0.25) is 0 Å².